The van der Waals surface area contributed by atoms with Crippen LogP contribution in [0.3, 0.4) is 0 Å². The third-order valence-corrected chi connectivity index (χ3v) is 4.43. The molecule has 1 aromatic rings. The Morgan fingerprint density at radius 2 is 1.95 bits per heavy atom. The highest BCUT2D eigenvalue weighted by Gasteiger charge is 2.30. The number of rotatable bonds is 8. The van der Waals surface area contributed by atoms with Crippen molar-refractivity contribution in [2.75, 3.05) is 0 Å². The smallest absolute Gasteiger partial charge is 0.321 e. The van der Waals surface area contributed by atoms with E-state index in [1.807, 2.05) is 4.72 Å². The molecule has 21 heavy (non-hydrogen) atoms. The Morgan fingerprint density at radius 1 is 1.33 bits per heavy atom. The summed E-state index contributed by atoms with van der Waals surface area (Å²) in [6.07, 6.45) is -0.336. The molecule has 1 rings (SSSR count). The molecule has 0 aromatic carbocycles. The van der Waals surface area contributed by atoms with Crippen molar-refractivity contribution in [3.05, 3.63) is 11.5 Å². The summed E-state index contributed by atoms with van der Waals surface area (Å²) in [5.74, 6) is -2.40. The molecule has 0 spiro atoms. The predicted molar refractivity (Wildman–Crippen MR) is 69.2 cm³/mol. The van der Waals surface area contributed by atoms with Crippen molar-refractivity contribution in [3.63, 3.8) is 0 Å². The molecule has 10 heteroatoms. The van der Waals surface area contributed by atoms with E-state index in [0.717, 1.165) is 0 Å². The molecule has 9 nitrogen and oxygen atoms in total. The number of aryl methyl sites for hydroxylation is 2. The maximum Gasteiger partial charge on any atom is 0.321 e. The van der Waals surface area contributed by atoms with Gasteiger partial charge in [0.25, 0.3) is 0 Å². The van der Waals surface area contributed by atoms with Crippen molar-refractivity contribution in [3.8, 4) is 0 Å². The lowest BCUT2D eigenvalue weighted by atomic mass is 10.1. The zero-order valence-corrected chi connectivity index (χ0v) is 12.3. The van der Waals surface area contributed by atoms with E-state index in [1.54, 1.807) is 0 Å². The topological polar surface area (TPSA) is 147 Å². The number of nitrogens with zero attached hydrogens (tertiary/aromatic N) is 1. The molecular weight excluding hydrogens is 304 g/mol. The quantitative estimate of drug-likeness (QED) is 0.618. The zero-order chi connectivity index (χ0) is 16.2. The highest BCUT2D eigenvalue weighted by Crippen LogP contribution is 2.19. The van der Waals surface area contributed by atoms with Crippen molar-refractivity contribution in [2.45, 2.75) is 44.0 Å². The van der Waals surface area contributed by atoms with E-state index < -0.39 is 28.0 Å². The van der Waals surface area contributed by atoms with Gasteiger partial charge in [-0.1, -0.05) is 5.16 Å². The van der Waals surface area contributed by atoms with Crippen molar-refractivity contribution >= 4 is 22.0 Å². The molecule has 0 unspecified atom stereocenters. The Kier molecular flexibility index (Phi) is 5.44. The number of sulfonamides is 1. The molecule has 3 N–H and O–H groups in total. The third kappa shape index (κ3) is 4.53. The summed E-state index contributed by atoms with van der Waals surface area (Å²) < 4.78 is 31.1. The van der Waals surface area contributed by atoms with Crippen molar-refractivity contribution in [1.82, 2.24) is 9.88 Å². The number of carbonyl (C=O) groups is 2. The number of carboxylic acids is 2. The average Bonchev–Trinajstić information content (AvgIpc) is 2.67. The Morgan fingerprint density at radius 3 is 2.38 bits per heavy atom. The van der Waals surface area contributed by atoms with Gasteiger partial charge in [0, 0.05) is 6.42 Å². The van der Waals surface area contributed by atoms with Gasteiger partial charge in [-0.05, 0) is 26.7 Å². The molecule has 0 fully saturated rings. The first-order valence-electron chi connectivity index (χ1n) is 6.05. The summed E-state index contributed by atoms with van der Waals surface area (Å²) >= 11 is 0. The molecule has 0 radical (unpaired) electrons. The normalized spacial score (nSPS) is 13.0. The Bertz CT molecular complexity index is 615. The summed E-state index contributed by atoms with van der Waals surface area (Å²) in [5, 5.41) is 21.0. The van der Waals surface area contributed by atoms with Gasteiger partial charge in [0.1, 0.15) is 16.6 Å². The predicted octanol–water partition coefficient (Wildman–Crippen LogP) is 0.278. The van der Waals surface area contributed by atoms with E-state index in [0.29, 0.717) is 0 Å². The van der Waals surface area contributed by atoms with Gasteiger partial charge in [0.2, 0.25) is 10.0 Å². The first-order valence-corrected chi connectivity index (χ1v) is 7.53. The van der Waals surface area contributed by atoms with Gasteiger partial charge >= 0.3 is 11.9 Å². The van der Waals surface area contributed by atoms with E-state index in [2.05, 4.69) is 5.16 Å². The summed E-state index contributed by atoms with van der Waals surface area (Å²) in [4.78, 5) is 21.3. The Balaban J connectivity index is 2.88. The van der Waals surface area contributed by atoms with Crippen LogP contribution in [0.15, 0.2) is 9.42 Å². The second-order valence-electron chi connectivity index (χ2n) is 4.45. The number of aliphatic carboxylic acids is 2. The second kappa shape index (κ2) is 6.68. The first kappa shape index (κ1) is 17.1. The van der Waals surface area contributed by atoms with E-state index in [1.165, 1.54) is 13.8 Å². The van der Waals surface area contributed by atoms with Gasteiger partial charge in [0.05, 0.1) is 0 Å². The SMILES string of the molecule is Cc1noc(C)c1S(=O)(=O)N[C@H](CCCC(=O)O)C(=O)O. The van der Waals surface area contributed by atoms with Crippen LogP contribution in [0.25, 0.3) is 0 Å². The fourth-order valence-corrected chi connectivity index (χ4v) is 3.35. The molecular formula is C11H16N2O7S. The lowest BCUT2D eigenvalue weighted by molar-refractivity contribution is -0.140. The van der Waals surface area contributed by atoms with Crippen LogP contribution in [0.4, 0.5) is 0 Å². The van der Waals surface area contributed by atoms with Crippen molar-refractivity contribution in [1.29, 1.82) is 0 Å². The fraction of sp³-hybridized carbons (Fsp3) is 0.545. The van der Waals surface area contributed by atoms with Crippen LogP contribution in [0.1, 0.15) is 30.7 Å². The molecule has 0 aliphatic carbocycles. The molecule has 0 saturated heterocycles. The number of hydrogen-bond donors (Lipinski definition) is 3. The maximum absolute atomic E-state index is 12.2. The largest absolute Gasteiger partial charge is 0.481 e. The van der Waals surface area contributed by atoms with E-state index >= 15 is 0 Å². The van der Waals surface area contributed by atoms with Crippen LogP contribution in [0.5, 0.6) is 0 Å². The summed E-state index contributed by atoms with van der Waals surface area (Å²) in [5.41, 5.74) is 0.120. The zero-order valence-electron chi connectivity index (χ0n) is 11.5. The molecule has 0 aliphatic rings. The summed E-state index contributed by atoms with van der Waals surface area (Å²) in [6, 6.07) is -1.41. The number of carboxylic acid groups (broad SMARTS) is 2. The molecule has 1 aromatic heterocycles. The average molecular weight is 320 g/mol. The Hall–Kier alpha value is -1.94. The van der Waals surface area contributed by atoms with Crippen LogP contribution < -0.4 is 4.72 Å². The van der Waals surface area contributed by atoms with Crippen LogP contribution in [0, 0.1) is 13.8 Å². The molecule has 1 atom stereocenters. The van der Waals surface area contributed by atoms with Gasteiger partial charge in [-0.2, -0.15) is 4.72 Å². The van der Waals surface area contributed by atoms with Gasteiger partial charge < -0.3 is 14.7 Å². The molecule has 0 amide bonds. The monoisotopic (exact) mass is 320 g/mol. The van der Waals surface area contributed by atoms with Crippen LogP contribution in [-0.2, 0) is 19.6 Å². The second-order valence-corrected chi connectivity index (χ2v) is 6.10. The molecule has 0 saturated carbocycles. The molecule has 1 heterocycles. The number of nitrogens with one attached hydrogen (secondary N) is 1. The lowest BCUT2D eigenvalue weighted by Crippen LogP contribution is -2.41. The summed E-state index contributed by atoms with van der Waals surface area (Å²) in [7, 11) is -4.11. The standard InChI is InChI=1S/C11H16N2O7S/c1-6-10(7(2)20-12-6)21(18,19)13-8(11(16)17)4-3-5-9(14)15/h8,13H,3-5H2,1-2H3,(H,14,15)(H,16,17)/t8-/m1/s1. The van der Waals surface area contributed by atoms with Gasteiger partial charge in [-0.25, -0.2) is 8.42 Å². The van der Waals surface area contributed by atoms with E-state index in [4.69, 9.17) is 14.7 Å². The molecule has 0 bridgehead atoms. The van der Waals surface area contributed by atoms with Gasteiger partial charge in [0.15, 0.2) is 5.76 Å². The maximum atomic E-state index is 12.2. The molecule has 118 valence electrons. The van der Waals surface area contributed by atoms with E-state index in [9.17, 15) is 18.0 Å². The van der Waals surface area contributed by atoms with Crippen LogP contribution in [0.2, 0.25) is 0 Å². The number of hydrogen-bond acceptors (Lipinski definition) is 6. The van der Waals surface area contributed by atoms with E-state index in [-0.39, 0.29) is 35.6 Å². The number of aromatic nitrogens is 1. The Labute approximate surface area is 121 Å². The first-order chi connectivity index (χ1) is 9.65. The third-order valence-electron chi connectivity index (χ3n) is 2.72. The van der Waals surface area contributed by atoms with Gasteiger partial charge in [-0.15, -0.1) is 0 Å². The van der Waals surface area contributed by atoms with Crippen LogP contribution >= 0.6 is 0 Å². The van der Waals surface area contributed by atoms with Gasteiger partial charge in [-0.3, -0.25) is 9.59 Å². The van der Waals surface area contributed by atoms with Crippen molar-refractivity contribution in [2.24, 2.45) is 0 Å². The highest BCUT2D eigenvalue weighted by molar-refractivity contribution is 7.89. The minimum absolute atomic E-state index is 0.0381. The minimum Gasteiger partial charge on any atom is -0.481 e. The highest BCUT2D eigenvalue weighted by atomic mass is 32.2. The lowest BCUT2D eigenvalue weighted by Gasteiger charge is -2.14. The minimum atomic E-state index is -4.11. The fourth-order valence-electron chi connectivity index (χ4n) is 1.79. The molecule has 0 aliphatic heterocycles. The van der Waals surface area contributed by atoms with Crippen molar-refractivity contribution < 1.29 is 32.7 Å². The van der Waals surface area contributed by atoms with Crippen LogP contribution in [-0.4, -0.2) is 41.8 Å². The summed E-state index contributed by atoms with van der Waals surface area (Å²) in [6.45, 7) is 2.82.